The summed E-state index contributed by atoms with van der Waals surface area (Å²) in [4.78, 5) is 10.6. The van der Waals surface area contributed by atoms with E-state index in [1.165, 1.54) is 4.68 Å². The van der Waals surface area contributed by atoms with E-state index >= 15 is 0 Å². The Bertz CT molecular complexity index is 638. The van der Waals surface area contributed by atoms with Gasteiger partial charge in [0.05, 0.1) is 37.2 Å². The van der Waals surface area contributed by atoms with Gasteiger partial charge in [-0.25, -0.2) is 4.68 Å². The Morgan fingerprint density at radius 3 is 2.90 bits per heavy atom. The van der Waals surface area contributed by atoms with Crippen molar-refractivity contribution in [3.63, 3.8) is 0 Å². The Labute approximate surface area is 114 Å². The highest BCUT2D eigenvalue weighted by atomic mass is 16.5. The number of fused-ring (bicyclic) bond motifs is 1. The molecule has 7 heteroatoms. The van der Waals surface area contributed by atoms with Crippen molar-refractivity contribution < 1.29 is 19.4 Å². The molecule has 7 nitrogen and oxygen atoms in total. The normalized spacial score (nSPS) is 13.8. The largest absolute Gasteiger partial charge is 0.490 e. The first-order valence-electron chi connectivity index (χ1n) is 6.25. The van der Waals surface area contributed by atoms with Crippen LogP contribution in [-0.2, 0) is 11.2 Å². The molecule has 1 aliphatic rings. The van der Waals surface area contributed by atoms with Crippen LogP contribution in [0.1, 0.15) is 12.1 Å². The minimum atomic E-state index is -0.935. The van der Waals surface area contributed by atoms with Crippen LogP contribution < -0.4 is 9.47 Å². The summed E-state index contributed by atoms with van der Waals surface area (Å²) in [5, 5.41) is 16.5. The fourth-order valence-electron chi connectivity index (χ4n) is 1.96. The number of hydrogen-bond acceptors (Lipinski definition) is 5. The molecule has 0 radical (unpaired) electrons. The number of aliphatic carboxylic acids is 1. The summed E-state index contributed by atoms with van der Waals surface area (Å²) >= 11 is 0. The summed E-state index contributed by atoms with van der Waals surface area (Å²) in [6.07, 6.45) is 2.29. The van der Waals surface area contributed by atoms with Crippen LogP contribution in [-0.4, -0.2) is 39.3 Å². The lowest BCUT2D eigenvalue weighted by molar-refractivity contribution is -0.136. The third-order valence-corrected chi connectivity index (χ3v) is 2.87. The Hall–Kier alpha value is -2.57. The van der Waals surface area contributed by atoms with E-state index in [0.717, 1.165) is 12.1 Å². The van der Waals surface area contributed by atoms with Gasteiger partial charge in [0.1, 0.15) is 0 Å². The van der Waals surface area contributed by atoms with Crippen LogP contribution in [0.5, 0.6) is 11.5 Å². The smallest absolute Gasteiger partial charge is 0.309 e. The molecule has 0 bridgehead atoms. The van der Waals surface area contributed by atoms with E-state index in [9.17, 15) is 4.79 Å². The Kier molecular flexibility index (Phi) is 3.24. The maximum atomic E-state index is 10.6. The van der Waals surface area contributed by atoms with Gasteiger partial charge in [-0.15, -0.1) is 5.10 Å². The first kappa shape index (κ1) is 12.5. The maximum absolute atomic E-state index is 10.6. The molecule has 2 aromatic rings. The van der Waals surface area contributed by atoms with E-state index in [1.54, 1.807) is 12.3 Å². The summed E-state index contributed by atoms with van der Waals surface area (Å²) in [5.74, 6) is 0.433. The molecular weight excluding hydrogens is 262 g/mol. The van der Waals surface area contributed by atoms with Gasteiger partial charge in [-0.3, -0.25) is 4.79 Å². The topological polar surface area (TPSA) is 86.5 Å². The zero-order chi connectivity index (χ0) is 13.9. The molecule has 3 rings (SSSR count). The lowest BCUT2D eigenvalue weighted by Crippen LogP contribution is -2.00. The number of carboxylic acids is 1. The van der Waals surface area contributed by atoms with Gasteiger partial charge >= 0.3 is 5.97 Å². The highest BCUT2D eigenvalue weighted by molar-refractivity contribution is 5.69. The zero-order valence-electron chi connectivity index (χ0n) is 10.7. The molecule has 1 aromatic carbocycles. The minimum absolute atomic E-state index is 0.148. The number of carbonyl (C=O) groups is 1. The van der Waals surface area contributed by atoms with Crippen molar-refractivity contribution in [3.05, 3.63) is 30.1 Å². The number of hydrogen-bond donors (Lipinski definition) is 1. The van der Waals surface area contributed by atoms with E-state index in [4.69, 9.17) is 14.6 Å². The number of ether oxygens (including phenoxy) is 2. The van der Waals surface area contributed by atoms with Crippen molar-refractivity contribution in [2.75, 3.05) is 13.2 Å². The number of carboxylic acid groups (broad SMARTS) is 1. The molecule has 0 unspecified atom stereocenters. The molecule has 2 heterocycles. The third-order valence-electron chi connectivity index (χ3n) is 2.87. The maximum Gasteiger partial charge on any atom is 0.309 e. The second-order valence-electron chi connectivity index (χ2n) is 4.41. The van der Waals surface area contributed by atoms with Crippen LogP contribution in [0.15, 0.2) is 24.4 Å². The van der Waals surface area contributed by atoms with Crippen molar-refractivity contribution in [2.24, 2.45) is 0 Å². The molecule has 0 atom stereocenters. The van der Waals surface area contributed by atoms with Crippen LogP contribution in [0.25, 0.3) is 5.69 Å². The number of benzene rings is 1. The van der Waals surface area contributed by atoms with Gasteiger partial charge in [0.15, 0.2) is 11.5 Å². The molecule has 1 aliphatic heterocycles. The number of nitrogens with zero attached hydrogens (tertiary/aromatic N) is 3. The first-order valence-corrected chi connectivity index (χ1v) is 6.25. The van der Waals surface area contributed by atoms with E-state index in [-0.39, 0.29) is 6.42 Å². The van der Waals surface area contributed by atoms with Gasteiger partial charge < -0.3 is 14.6 Å². The van der Waals surface area contributed by atoms with E-state index in [1.807, 2.05) is 12.1 Å². The van der Waals surface area contributed by atoms with Crippen molar-refractivity contribution >= 4 is 5.97 Å². The fraction of sp³-hybridized carbons (Fsp3) is 0.308. The first-order chi connectivity index (χ1) is 9.72. The van der Waals surface area contributed by atoms with Crippen LogP contribution >= 0.6 is 0 Å². The van der Waals surface area contributed by atoms with Gasteiger partial charge in [0.2, 0.25) is 0 Å². The quantitative estimate of drug-likeness (QED) is 0.901. The second-order valence-corrected chi connectivity index (χ2v) is 4.41. The standard InChI is InChI=1S/C13H13N3O4/c17-13(18)6-9-8-16(15-14-9)10-2-3-11-12(7-10)20-5-1-4-19-11/h2-3,7-8H,1,4-6H2,(H,17,18). The molecule has 0 amide bonds. The molecule has 104 valence electrons. The average Bonchev–Trinajstić information content (AvgIpc) is 2.74. The van der Waals surface area contributed by atoms with Crippen LogP contribution in [0.2, 0.25) is 0 Å². The van der Waals surface area contributed by atoms with Gasteiger partial charge in [0.25, 0.3) is 0 Å². The fourth-order valence-corrected chi connectivity index (χ4v) is 1.96. The highest BCUT2D eigenvalue weighted by Gasteiger charge is 2.13. The predicted molar refractivity (Wildman–Crippen MR) is 68.3 cm³/mol. The third kappa shape index (κ3) is 2.56. The van der Waals surface area contributed by atoms with Crippen LogP contribution in [0, 0.1) is 0 Å². The second kappa shape index (κ2) is 5.20. The Morgan fingerprint density at radius 2 is 2.10 bits per heavy atom. The summed E-state index contributed by atoms with van der Waals surface area (Å²) in [6.45, 7) is 1.25. The van der Waals surface area contributed by atoms with Gasteiger partial charge in [0, 0.05) is 12.5 Å². The SMILES string of the molecule is O=C(O)Cc1cn(-c2ccc3c(c2)OCCCO3)nn1. The van der Waals surface area contributed by atoms with Crippen molar-refractivity contribution in [3.8, 4) is 17.2 Å². The van der Waals surface area contributed by atoms with E-state index in [2.05, 4.69) is 10.3 Å². The van der Waals surface area contributed by atoms with Gasteiger partial charge in [-0.05, 0) is 12.1 Å². The Morgan fingerprint density at radius 1 is 1.30 bits per heavy atom. The van der Waals surface area contributed by atoms with E-state index < -0.39 is 5.97 Å². The summed E-state index contributed by atoms with van der Waals surface area (Å²) in [5.41, 5.74) is 1.16. The summed E-state index contributed by atoms with van der Waals surface area (Å²) in [7, 11) is 0. The molecule has 0 spiro atoms. The lowest BCUT2D eigenvalue weighted by atomic mass is 10.2. The molecule has 0 aliphatic carbocycles. The molecule has 1 aromatic heterocycles. The summed E-state index contributed by atoms with van der Waals surface area (Å²) < 4.78 is 12.7. The van der Waals surface area contributed by atoms with Crippen LogP contribution in [0.3, 0.4) is 0 Å². The van der Waals surface area contributed by atoms with Crippen molar-refractivity contribution in [1.82, 2.24) is 15.0 Å². The van der Waals surface area contributed by atoms with Gasteiger partial charge in [-0.1, -0.05) is 5.21 Å². The zero-order valence-corrected chi connectivity index (χ0v) is 10.7. The summed E-state index contributed by atoms with van der Waals surface area (Å²) in [6, 6.07) is 5.45. The monoisotopic (exact) mass is 275 g/mol. The Balaban J connectivity index is 1.88. The average molecular weight is 275 g/mol. The predicted octanol–water partition coefficient (Wildman–Crippen LogP) is 1.06. The highest BCUT2D eigenvalue weighted by Crippen LogP contribution is 2.31. The van der Waals surface area contributed by atoms with E-state index in [0.29, 0.717) is 30.4 Å². The van der Waals surface area contributed by atoms with Crippen molar-refractivity contribution in [2.45, 2.75) is 12.8 Å². The van der Waals surface area contributed by atoms with Gasteiger partial charge in [-0.2, -0.15) is 0 Å². The molecular formula is C13H13N3O4. The molecule has 0 saturated heterocycles. The van der Waals surface area contributed by atoms with Crippen LogP contribution in [0.4, 0.5) is 0 Å². The molecule has 0 fully saturated rings. The number of rotatable bonds is 3. The molecule has 1 N–H and O–H groups in total. The minimum Gasteiger partial charge on any atom is -0.490 e. The number of aromatic nitrogens is 3. The molecule has 20 heavy (non-hydrogen) atoms. The molecule has 0 saturated carbocycles. The van der Waals surface area contributed by atoms with Crippen molar-refractivity contribution in [1.29, 1.82) is 0 Å². The lowest BCUT2D eigenvalue weighted by Gasteiger charge is -2.08.